The minimum Gasteiger partial charge on any atom is -0.493 e. The molecule has 0 spiro atoms. The number of thiazole rings is 1. The molecule has 1 saturated carbocycles. The second kappa shape index (κ2) is 31.8. The normalized spacial score (nSPS) is 19.3. The van der Waals surface area contributed by atoms with Crippen LogP contribution in [0.4, 0.5) is 0 Å². The Balaban J connectivity index is 1.13. The SMILES string of the molecule is CCCCCCCC(C(=O)NCCCC[C@@H](NC(=O)[C@H]1CCCN1C(=O)[C@H](CC1CCCCC1)NCC(N)=O)C(=O)Oc1nccs1)C(=O)O[C@@H]1CCN([C@H](CC)[C@@H](C)OCCc2ccc(OC)c(OC)c2)C1. The highest BCUT2D eigenvalue weighted by molar-refractivity contribution is 7.11. The highest BCUT2D eigenvalue weighted by atomic mass is 32.1. The lowest BCUT2D eigenvalue weighted by Crippen LogP contribution is -2.56. The van der Waals surface area contributed by atoms with E-state index in [9.17, 15) is 28.8 Å². The first-order valence-corrected chi connectivity index (χ1v) is 28.0. The summed E-state index contributed by atoms with van der Waals surface area (Å²) in [5.41, 5.74) is 6.55. The highest BCUT2D eigenvalue weighted by Crippen LogP contribution is 2.31. The Bertz CT molecular complexity index is 2020. The molecule has 7 atom stereocenters. The molecular formula is C54H85N7O11S. The monoisotopic (exact) mass is 1040 g/mol. The van der Waals surface area contributed by atoms with Gasteiger partial charge in [-0.1, -0.05) is 95.5 Å². The summed E-state index contributed by atoms with van der Waals surface area (Å²) in [6.45, 7) is 8.68. The van der Waals surface area contributed by atoms with Crippen molar-refractivity contribution in [2.24, 2.45) is 17.6 Å². The second-order valence-corrected chi connectivity index (χ2v) is 20.8. The number of rotatable bonds is 33. The predicted molar refractivity (Wildman–Crippen MR) is 279 cm³/mol. The smallest absolute Gasteiger partial charge is 0.335 e. The molecule has 2 saturated heterocycles. The minimum absolute atomic E-state index is 0.0577. The molecule has 19 heteroatoms. The van der Waals surface area contributed by atoms with Crippen LogP contribution in [0.5, 0.6) is 16.7 Å². The highest BCUT2D eigenvalue weighted by Gasteiger charge is 2.40. The molecule has 5 rings (SSSR count). The number of carbonyl (C=O) groups excluding carboxylic acids is 6. The van der Waals surface area contributed by atoms with Gasteiger partial charge in [0.2, 0.25) is 23.6 Å². The maximum Gasteiger partial charge on any atom is 0.335 e. The Morgan fingerprint density at radius 3 is 2.34 bits per heavy atom. The molecule has 3 heterocycles. The lowest BCUT2D eigenvalue weighted by molar-refractivity contribution is -0.157. The van der Waals surface area contributed by atoms with Gasteiger partial charge in [0.25, 0.3) is 5.19 Å². The number of hydrogen-bond acceptors (Lipinski definition) is 15. The van der Waals surface area contributed by atoms with Crippen molar-refractivity contribution in [2.45, 2.75) is 186 Å². The van der Waals surface area contributed by atoms with Crippen LogP contribution in [0.2, 0.25) is 0 Å². The number of nitrogens with two attached hydrogens (primary N) is 1. The van der Waals surface area contributed by atoms with Crippen molar-refractivity contribution >= 4 is 46.9 Å². The number of nitrogens with zero attached hydrogens (tertiary/aromatic N) is 3. The first-order valence-electron chi connectivity index (χ1n) is 27.1. The molecular weight excluding hydrogens is 955 g/mol. The van der Waals surface area contributed by atoms with E-state index in [1.165, 1.54) is 12.6 Å². The Morgan fingerprint density at radius 2 is 1.63 bits per heavy atom. The molecule has 4 amide bonds. The van der Waals surface area contributed by atoms with E-state index in [0.29, 0.717) is 82.1 Å². The van der Waals surface area contributed by atoms with E-state index in [0.717, 1.165) is 94.1 Å². The summed E-state index contributed by atoms with van der Waals surface area (Å²) in [6.07, 6.45) is 16.6. The number of benzene rings is 1. The zero-order valence-electron chi connectivity index (χ0n) is 44.2. The number of nitrogens with one attached hydrogen (secondary N) is 3. The van der Waals surface area contributed by atoms with Crippen molar-refractivity contribution in [1.29, 1.82) is 0 Å². The van der Waals surface area contributed by atoms with Gasteiger partial charge in [0.15, 0.2) is 11.5 Å². The fourth-order valence-electron chi connectivity index (χ4n) is 10.6. The molecule has 408 valence electrons. The van der Waals surface area contributed by atoms with Gasteiger partial charge in [-0.05, 0) is 94.7 Å². The number of amides is 4. The van der Waals surface area contributed by atoms with Gasteiger partial charge in [0.1, 0.15) is 24.1 Å². The van der Waals surface area contributed by atoms with Gasteiger partial charge in [-0.2, -0.15) is 0 Å². The van der Waals surface area contributed by atoms with Gasteiger partial charge >= 0.3 is 11.9 Å². The number of unbranched alkanes of at least 4 members (excludes halogenated alkanes) is 5. The number of esters is 2. The third-order valence-corrected chi connectivity index (χ3v) is 15.3. The van der Waals surface area contributed by atoms with Crippen molar-refractivity contribution in [2.75, 3.05) is 53.6 Å². The molecule has 3 fully saturated rings. The molecule has 2 aromatic rings. The summed E-state index contributed by atoms with van der Waals surface area (Å²) in [5, 5.41) is 10.7. The Labute approximate surface area is 437 Å². The summed E-state index contributed by atoms with van der Waals surface area (Å²) < 4.78 is 28.9. The van der Waals surface area contributed by atoms with Gasteiger partial charge in [0, 0.05) is 43.8 Å². The topological polar surface area (TPSA) is 230 Å². The summed E-state index contributed by atoms with van der Waals surface area (Å²) in [6, 6.07) is 3.47. The molecule has 73 heavy (non-hydrogen) atoms. The number of hydrogen-bond donors (Lipinski definition) is 4. The average molecular weight is 1040 g/mol. The Morgan fingerprint density at radius 1 is 0.863 bits per heavy atom. The van der Waals surface area contributed by atoms with Gasteiger partial charge in [-0.15, -0.1) is 0 Å². The van der Waals surface area contributed by atoms with Crippen LogP contribution in [0.25, 0.3) is 0 Å². The number of aromatic nitrogens is 1. The third-order valence-electron chi connectivity index (χ3n) is 14.7. The third kappa shape index (κ3) is 19.1. The molecule has 3 aliphatic rings. The van der Waals surface area contributed by atoms with Crippen molar-refractivity contribution in [3.05, 3.63) is 35.3 Å². The van der Waals surface area contributed by atoms with Crippen LogP contribution in [0, 0.1) is 11.8 Å². The first-order chi connectivity index (χ1) is 35.3. The van der Waals surface area contributed by atoms with Crippen molar-refractivity contribution in [3.63, 3.8) is 0 Å². The van der Waals surface area contributed by atoms with Crippen molar-refractivity contribution in [1.82, 2.24) is 30.7 Å². The van der Waals surface area contributed by atoms with Crippen LogP contribution in [-0.2, 0) is 44.7 Å². The second-order valence-electron chi connectivity index (χ2n) is 20.0. The van der Waals surface area contributed by atoms with Gasteiger partial charge in [-0.25, -0.2) is 9.78 Å². The van der Waals surface area contributed by atoms with Gasteiger partial charge in [-0.3, -0.25) is 34.2 Å². The zero-order chi connectivity index (χ0) is 52.5. The number of ether oxygens (including phenoxy) is 5. The summed E-state index contributed by atoms with van der Waals surface area (Å²) >= 11 is 1.15. The summed E-state index contributed by atoms with van der Waals surface area (Å²) in [4.78, 5) is 89.1. The van der Waals surface area contributed by atoms with E-state index in [-0.39, 0.29) is 54.8 Å². The molecule has 1 unspecified atom stereocenters. The van der Waals surface area contributed by atoms with E-state index in [1.54, 1.807) is 24.5 Å². The number of carbonyl (C=O) groups is 6. The van der Waals surface area contributed by atoms with Crippen LogP contribution >= 0.6 is 11.3 Å². The molecule has 0 bridgehead atoms. The quantitative estimate of drug-likeness (QED) is 0.0351. The van der Waals surface area contributed by atoms with E-state index >= 15 is 0 Å². The van der Waals surface area contributed by atoms with E-state index < -0.39 is 47.8 Å². The van der Waals surface area contributed by atoms with E-state index in [4.69, 9.17) is 29.4 Å². The molecule has 18 nitrogen and oxygen atoms in total. The Hall–Kier alpha value is -4.85. The zero-order valence-corrected chi connectivity index (χ0v) is 45.0. The van der Waals surface area contributed by atoms with Crippen molar-refractivity contribution in [3.8, 4) is 16.7 Å². The van der Waals surface area contributed by atoms with Crippen molar-refractivity contribution < 1.29 is 52.5 Å². The number of methoxy groups -OCH3 is 2. The molecule has 1 aliphatic carbocycles. The van der Waals surface area contributed by atoms with Crippen LogP contribution < -0.4 is 35.9 Å². The van der Waals surface area contributed by atoms with Gasteiger partial charge in [0.05, 0.1) is 39.5 Å². The summed E-state index contributed by atoms with van der Waals surface area (Å²) in [7, 11) is 3.24. The van der Waals surface area contributed by atoms with Crippen LogP contribution in [0.1, 0.15) is 148 Å². The Kier molecular flexibility index (Phi) is 25.7. The maximum atomic E-state index is 14.1. The molecule has 0 radical (unpaired) electrons. The van der Waals surface area contributed by atoms with E-state index in [1.807, 2.05) is 18.2 Å². The average Bonchev–Trinajstić information content (AvgIpc) is 4.20. The maximum absolute atomic E-state index is 14.1. The van der Waals surface area contributed by atoms with Crippen LogP contribution in [-0.4, -0.2) is 140 Å². The number of primary amides is 1. The van der Waals surface area contributed by atoms with Gasteiger partial charge < -0.3 is 45.0 Å². The molecule has 1 aromatic heterocycles. The van der Waals surface area contributed by atoms with E-state index in [2.05, 4.69) is 46.6 Å². The standard InChI is InChI=1S/C54H85N7O11S/c1-6-8-9-10-14-20-41(52(66)71-40-25-30-60(36-40)44(7-2)37(3)70-31-26-39-23-24-46(68-4)47(34-39)69-5)49(63)56-27-16-15-21-42(53(67)72-54-57-28-32-73-54)59-50(64)45-22-17-29-61(45)51(65)43(58-35-48(55)62)33-38-18-12-11-13-19-38/h23-24,28,32,34,37-38,40-45,58H,6-22,25-27,29-31,33,35-36H2,1-5H3,(H2,55,62)(H,56,63)(H,59,64)/t37-,40-,41?,42-,43+,44-,45-/m1/s1. The minimum atomic E-state index is -1.06. The fourth-order valence-corrected chi connectivity index (χ4v) is 11.1. The fraction of sp³-hybridized carbons (Fsp3) is 0.722. The summed E-state index contributed by atoms with van der Waals surface area (Å²) in [5.74, 6) is -2.13. The van der Waals surface area contributed by atoms with Crippen LogP contribution in [0.3, 0.4) is 0 Å². The lowest BCUT2D eigenvalue weighted by atomic mass is 9.84. The molecule has 1 aromatic carbocycles. The molecule has 5 N–H and O–H groups in total. The first kappa shape index (κ1) is 59.0. The predicted octanol–water partition coefficient (Wildman–Crippen LogP) is 6.26. The largest absolute Gasteiger partial charge is 0.493 e. The lowest BCUT2D eigenvalue weighted by Gasteiger charge is -2.32. The molecule has 2 aliphatic heterocycles. The number of likely N-dealkylation sites (tertiary alicyclic amines) is 2. The van der Waals surface area contributed by atoms with Crippen LogP contribution in [0.15, 0.2) is 29.8 Å².